The second kappa shape index (κ2) is 8.49. The number of carbonyl (C=O) groups excluding carboxylic acids is 2. The van der Waals surface area contributed by atoms with E-state index in [1.807, 2.05) is 43.0 Å². The molecule has 1 saturated heterocycles. The van der Waals surface area contributed by atoms with E-state index in [4.69, 9.17) is 17.3 Å². The van der Waals surface area contributed by atoms with Crippen LogP contribution in [-0.2, 0) is 16.1 Å². The number of nitrogens with two attached hydrogens (primary N) is 1. The number of primary amides is 1. The molecule has 0 aromatic heterocycles. The Hall–Kier alpha value is -1.59. The number of hydrogen-bond acceptors (Lipinski definition) is 3. The van der Waals surface area contributed by atoms with E-state index in [9.17, 15) is 9.59 Å². The fourth-order valence-corrected chi connectivity index (χ4v) is 3.18. The molecule has 6 heteroatoms. The molecule has 0 aliphatic carbocycles. The maximum atomic E-state index is 12.3. The lowest BCUT2D eigenvalue weighted by Gasteiger charge is -2.41. The molecule has 0 saturated carbocycles. The highest BCUT2D eigenvalue weighted by Gasteiger charge is 2.30. The zero-order chi connectivity index (χ0) is 17.7. The summed E-state index contributed by atoms with van der Waals surface area (Å²) in [4.78, 5) is 27.9. The molecule has 132 valence electrons. The van der Waals surface area contributed by atoms with Gasteiger partial charge in [-0.2, -0.15) is 0 Å². The number of amides is 2. The normalized spacial score (nSPS) is 18.8. The average molecular weight is 352 g/mol. The summed E-state index contributed by atoms with van der Waals surface area (Å²) in [6.45, 7) is 6.79. The summed E-state index contributed by atoms with van der Waals surface area (Å²) in [5, 5.41) is 0.705. The smallest absolute Gasteiger partial charge is 0.222 e. The van der Waals surface area contributed by atoms with Gasteiger partial charge in [0.2, 0.25) is 11.8 Å². The minimum atomic E-state index is -0.334. The maximum absolute atomic E-state index is 12.3. The van der Waals surface area contributed by atoms with E-state index in [2.05, 4.69) is 4.90 Å². The van der Waals surface area contributed by atoms with Crippen LogP contribution in [0.1, 0.15) is 32.3 Å². The Morgan fingerprint density at radius 1 is 1.25 bits per heavy atom. The van der Waals surface area contributed by atoms with Gasteiger partial charge >= 0.3 is 0 Å². The fourth-order valence-electron chi connectivity index (χ4n) is 3.06. The van der Waals surface area contributed by atoms with E-state index in [1.54, 1.807) is 0 Å². The van der Waals surface area contributed by atoms with Crippen molar-refractivity contribution in [1.29, 1.82) is 0 Å². The molecule has 5 nitrogen and oxygen atoms in total. The largest absolute Gasteiger partial charge is 0.370 e. The van der Waals surface area contributed by atoms with Crippen LogP contribution in [0.5, 0.6) is 0 Å². The Kier molecular flexibility index (Phi) is 6.63. The summed E-state index contributed by atoms with van der Waals surface area (Å²) >= 11 is 5.93. The van der Waals surface area contributed by atoms with Crippen LogP contribution in [0.15, 0.2) is 24.3 Å². The summed E-state index contributed by atoms with van der Waals surface area (Å²) in [7, 11) is 0. The number of piperazine rings is 1. The molecule has 2 rings (SSSR count). The summed E-state index contributed by atoms with van der Waals surface area (Å²) in [6.07, 6.45) is 0.805. The summed E-state index contributed by atoms with van der Waals surface area (Å²) in [5.74, 6) is 0.157. The van der Waals surface area contributed by atoms with Crippen LogP contribution >= 0.6 is 11.6 Å². The van der Waals surface area contributed by atoms with Gasteiger partial charge in [0.15, 0.2) is 0 Å². The monoisotopic (exact) mass is 351 g/mol. The first-order valence-electron chi connectivity index (χ1n) is 8.39. The molecule has 1 unspecified atom stereocenters. The van der Waals surface area contributed by atoms with Crippen molar-refractivity contribution in [3.05, 3.63) is 34.9 Å². The van der Waals surface area contributed by atoms with Crippen LogP contribution in [-0.4, -0.2) is 47.3 Å². The van der Waals surface area contributed by atoms with Gasteiger partial charge in [-0.15, -0.1) is 0 Å². The number of rotatable bonds is 6. The molecular formula is C18H26ClN3O2. The van der Waals surface area contributed by atoms with Gasteiger partial charge in [0.1, 0.15) is 0 Å². The third-order valence-corrected chi connectivity index (χ3v) is 4.53. The molecule has 1 heterocycles. The molecule has 2 amide bonds. The summed E-state index contributed by atoms with van der Waals surface area (Å²) in [6, 6.07) is 7.66. The van der Waals surface area contributed by atoms with E-state index in [0.29, 0.717) is 30.5 Å². The van der Waals surface area contributed by atoms with Crippen molar-refractivity contribution in [2.24, 2.45) is 11.7 Å². The van der Waals surface area contributed by atoms with E-state index in [0.717, 1.165) is 18.7 Å². The number of benzene rings is 1. The summed E-state index contributed by atoms with van der Waals surface area (Å²) in [5.41, 5.74) is 6.55. The van der Waals surface area contributed by atoms with Crippen LogP contribution in [0.25, 0.3) is 0 Å². The highest BCUT2D eigenvalue weighted by atomic mass is 35.5. The van der Waals surface area contributed by atoms with Crippen molar-refractivity contribution in [1.82, 2.24) is 9.80 Å². The van der Waals surface area contributed by atoms with Gasteiger partial charge in [0, 0.05) is 50.1 Å². The molecule has 1 aliphatic rings. The van der Waals surface area contributed by atoms with Crippen LogP contribution in [0.2, 0.25) is 5.02 Å². The predicted molar refractivity (Wildman–Crippen MR) is 95.5 cm³/mol. The van der Waals surface area contributed by atoms with Gasteiger partial charge in [-0.25, -0.2) is 0 Å². The van der Waals surface area contributed by atoms with Gasteiger partial charge in [0.25, 0.3) is 0 Å². The molecule has 1 aromatic carbocycles. The topological polar surface area (TPSA) is 66.6 Å². The number of halogens is 1. The lowest BCUT2D eigenvalue weighted by molar-refractivity contribution is -0.136. The third-order valence-electron chi connectivity index (χ3n) is 4.28. The third kappa shape index (κ3) is 5.49. The first kappa shape index (κ1) is 18.7. The summed E-state index contributed by atoms with van der Waals surface area (Å²) < 4.78 is 0. The Bertz CT molecular complexity index is 574. The SMILES string of the molecule is CC(C)CC(=O)N1CCN(Cc2ccc(Cl)cc2)C(CC(N)=O)C1. The molecule has 2 N–H and O–H groups in total. The Labute approximate surface area is 148 Å². The lowest BCUT2D eigenvalue weighted by Crippen LogP contribution is -2.55. The number of hydrogen-bond donors (Lipinski definition) is 1. The van der Waals surface area contributed by atoms with E-state index in [-0.39, 0.29) is 24.3 Å². The molecule has 24 heavy (non-hydrogen) atoms. The van der Waals surface area contributed by atoms with Crippen molar-refractivity contribution in [3.8, 4) is 0 Å². The highest BCUT2D eigenvalue weighted by Crippen LogP contribution is 2.19. The van der Waals surface area contributed by atoms with Crippen LogP contribution in [0, 0.1) is 5.92 Å². The van der Waals surface area contributed by atoms with Crippen molar-refractivity contribution in [2.75, 3.05) is 19.6 Å². The van der Waals surface area contributed by atoms with Gasteiger partial charge in [-0.1, -0.05) is 37.6 Å². The maximum Gasteiger partial charge on any atom is 0.222 e. The Morgan fingerprint density at radius 3 is 2.50 bits per heavy atom. The second-order valence-electron chi connectivity index (χ2n) is 6.86. The van der Waals surface area contributed by atoms with Crippen LogP contribution in [0.4, 0.5) is 0 Å². The molecule has 1 aromatic rings. The zero-order valence-corrected chi connectivity index (χ0v) is 15.1. The van der Waals surface area contributed by atoms with Crippen LogP contribution < -0.4 is 5.73 Å². The lowest BCUT2D eigenvalue weighted by atomic mass is 10.0. The van der Waals surface area contributed by atoms with Crippen molar-refractivity contribution in [2.45, 2.75) is 39.3 Å². The standard InChI is InChI=1S/C18H26ClN3O2/c1-13(2)9-18(24)22-8-7-21(16(12-22)10-17(20)23)11-14-3-5-15(19)6-4-14/h3-6,13,16H,7-12H2,1-2H3,(H2,20,23). The number of carbonyl (C=O) groups is 2. The average Bonchev–Trinajstić information content (AvgIpc) is 2.50. The van der Waals surface area contributed by atoms with E-state index in [1.165, 1.54) is 0 Å². The van der Waals surface area contributed by atoms with E-state index >= 15 is 0 Å². The Morgan fingerprint density at radius 2 is 1.92 bits per heavy atom. The molecular weight excluding hydrogens is 326 g/mol. The van der Waals surface area contributed by atoms with Gasteiger partial charge in [0.05, 0.1) is 0 Å². The number of nitrogens with zero attached hydrogens (tertiary/aromatic N) is 2. The van der Waals surface area contributed by atoms with Gasteiger partial charge < -0.3 is 10.6 Å². The van der Waals surface area contributed by atoms with Crippen molar-refractivity contribution < 1.29 is 9.59 Å². The minimum absolute atomic E-state index is 0.0389. The quantitative estimate of drug-likeness (QED) is 0.855. The van der Waals surface area contributed by atoms with E-state index < -0.39 is 0 Å². The second-order valence-corrected chi connectivity index (χ2v) is 7.30. The van der Waals surface area contributed by atoms with Gasteiger partial charge in [-0.3, -0.25) is 14.5 Å². The Balaban J connectivity index is 2.04. The molecule has 0 radical (unpaired) electrons. The molecule has 0 bridgehead atoms. The van der Waals surface area contributed by atoms with Crippen molar-refractivity contribution in [3.63, 3.8) is 0 Å². The zero-order valence-electron chi connectivity index (χ0n) is 14.4. The highest BCUT2D eigenvalue weighted by molar-refractivity contribution is 6.30. The molecule has 1 aliphatic heterocycles. The van der Waals surface area contributed by atoms with Crippen molar-refractivity contribution >= 4 is 23.4 Å². The molecule has 1 atom stereocenters. The molecule has 1 fully saturated rings. The fraction of sp³-hybridized carbons (Fsp3) is 0.556. The predicted octanol–water partition coefficient (Wildman–Crippen LogP) is 2.27. The van der Waals surface area contributed by atoms with Gasteiger partial charge in [-0.05, 0) is 23.6 Å². The minimum Gasteiger partial charge on any atom is -0.370 e. The molecule has 0 spiro atoms. The van der Waals surface area contributed by atoms with Crippen LogP contribution in [0.3, 0.4) is 0 Å². The first-order chi connectivity index (χ1) is 11.3. The first-order valence-corrected chi connectivity index (χ1v) is 8.77.